The quantitative estimate of drug-likeness (QED) is 0.568. The summed E-state index contributed by atoms with van der Waals surface area (Å²) in [5, 5.41) is 21.5. The maximum atomic E-state index is 12.5. The normalized spacial score (nSPS) is 11.1. The summed E-state index contributed by atoms with van der Waals surface area (Å²) in [5.41, 5.74) is -0.749. The first-order valence-corrected chi connectivity index (χ1v) is 7.25. The molecule has 0 spiro atoms. The van der Waals surface area contributed by atoms with Crippen molar-refractivity contribution in [3.63, 3.8) is 0 Å². The average Bonchev–Trinajstić information content (AvgIpc) is 2.57. The number of hydrogen-bond acceptors (Lipinski definition) is 5. The second-order valence-corrected chi connectivity index (χ2v) is 5.33. The van der Waals surface area contributed by atoms with E-state index in [-0.39, 0.29) is 11.3 Å². The maximum absolute atomic E-state index is 12.5. The minimum absolute atomic E-state index is 0.0925. The van der Waals surface area contributed by atoms with E-state index >= 15 is 0 Å². The first kappa shape index (κ1) is 19.1. The fraction of sp³-hybridized carbons (Fsp3) is 0.176. The van der Waals surface area contributed by atoms with Crippen LogP contribution in [-0.2, 0) is 15.7 Å². The highest BCUT2D eigenvalue weighted by atomic mass is 19.4. The van der Waals surface area contributed by atoms with E-state index in [0.29, 0.717) is 5.56 Å². The lowest BCUT2D eigenvalue weighted by Gasteiger charge is -2.10. The number of nitrogens with one attached hydrogen (secondary N) is 1. The molecule has 1 amide bonds. The Labute approximate surface area is 145 Å². The fourth-order valence-electron chi connectivity index (χ4n) is 1.99. The highest BCUT2D eigenvalue weighted by Gasteiger charge is 2.30. The number of carbonyl (C=O) groups excluding carboxylic acids is 2. The van der Waals surface area contributed by atoms with Crippen molar-refractivity contribution >= 4 is 17.6 Å². The molecule has 138 valence electrons. The molecular formula is C17H14F3NO5. The van der Waals surface area contributed by atoms with Crippen LogP contribution in [0.5, 0.6) is 11.5 Å². The van der Waals surface area contributed by atoms with Gasteiger partial charge in [-0.25, -0.2) is 4.79 Å². The lowest BCUT2D eigenvalue weighted by atomic mass is 10.1. The van der Waals surface area contributed by atoms with E-state index in [9.17, 15) is 33.0 Å². The Morgan fingerprint density at radius 3 is 2.23 bits per heavy atom. The number of carbonyl (C=O) groups is 2. The monoisotopic (exact) mass is 369 g/mol. The second kappa shape index (κ2) is 7.34. The molecule has 2 rings (SSSR count). The van der Waals surface area contributed by atoms with Crippen molar-refractivity contribution in [3.8, 4) is 11.5 Å². The van der Waals surface area contributed by atoms with Crippen LogP contribution in [0.4, 0.5) is 18.9 Å². The van der Waals surface area contributed by atoms with Gasteiger partial charge in [-0.15, -0.1) is 0 Å². The molecule has 0 fully saturated rings. The molecule has 0 atom stereocenters. The number of rotatable bonds is 4. The molecular weight excluding hydrogens is 355 g/mol. The van der Waals surface area contributed by atoms with Gasteiger partial charge >= 0.3 is 12.1 Å². The molecule has 0 aliphatic carbocycles. The van der Waals surface area contributed by atoms with Crippen LogP contribution in [-0.4, -0.2) is 28.7 Å². The van der Waals surface area contributed by atoms with Crippen molar-refractivity contribution in [1.82, 2.24) is 0 Å². The standard InChI is InChI=1S/C17H14F3NO5/c1-9-2-7-12(15(24)14(9)23)16(25)26-8-13(22)21-11-5-3-10(4-6-11)17(18,19)20/h2-7,23-24H,8H2,1H3,(H,21,22). The Morgan fingerprint density at radius 1 is 1.04 bits per heavy atom. The van der Waals surface area contributed by atoms with Crippen molar-refractivity contribution in [2.24, 2.45) is 0 Å². The average molecular weight is 369 g/mol. The molecule has 2 aromatic rings. The SMILES string of the molecule is Cc1ccc(C(=O)OCC(=O)Nc2ccc(C(F)(F)F)cc2)c(O)c1O. The third kappa shape index (κ3) is 4.44. The summed E-state index contributed by atoms with van der Waals surface area (Å²) in [5.74, 6) is -2.97. The summed E-state index contributed by atoms with van der Waals surface area (Å²) in [6, 6.07) is 6.33. The number of benzene rings is 2. The number of amides is 1. The van der Waals surface area contributed by atoms with Gasteiger partial charge in [0.05, 0.1) is 5.56 Å². The van der Waals surface area contributed by atoms with Gasteiger partial charge in [-0.3, -0.25) is 4.79 Å². The first-order valence-electron chi connectivity index (χ1n) is 7.25. The van der Waals surface area contributed by atoms with Crippen LogP contribution in [0.25, 0.3) is 0 Å². The maximum Gasteiger partial charge on any atom is 0.416 e. The Balaban J connectivity index is 1.95. The van der Waals surface area contributed by atoms with Gasteiger partial charge in [0.2, 0.25) is 0 Å². The van der Waals surface area contributed by atoms with E-state index in [4.69, 9.17) is 4.74 Å². The van der Waals surface area contributed by atoms with Crippen molar-refractivity contribution in [2.75, 3.05) is 11.9 Å². The van der Waals surface area contributed by atoms with Gasteiger partial charge in [-0.1, -0.05) is 6.07 Å². The summed E-state index contributed by atoms with van der Waals surface area (Å²) in [6.07, 6.45) is -4.49. The third-order valence-corrected chi connectivity index (χ3v) is 3.40. The van der Waals surface area contributed by atoms with Gasteiger partial charge in [-0.05, 0) is 42.8 Å². The number of aryl methyl sites for hydroxylation is 1. The molecule has 2 aromatic carbocycles. The minimum Gasteiger partial charge on any atom is -0.504 e. The molecule has 3 N–H and O–H groups in total. The van der Waals surface area contributed by atoms with E-state index in [1.165, 1.54) is 19.1 Å². The Kier molecular flexibility index (Phi) is 5.39. The number of halogens is 3. The molecule has 0 bridgehead atoms. The van der Waals surface area contributed by atoms with Crippen LogP contribution in [0.1, 0.15) is 21.5 Å². The van der Waals surface area contributed by atoms with Gasteiger partial charge in [0.15, 0.2) is 18.1 Å². The topological polar surface area (TPSA) is 95.9 Å². The number of phenols is 2. The smallest absolute Gasteiger partial charge is 0.416 e. The Hall–Kier alpha value is -3.23. The molecule has 0 aliphatic heterocycles. The number of hydrogen-bond donors (Lipinski definition) is 3. The predicted molar refractivity (Wildman–Crippen MR) is 84.9 cm³/mol. The Bertz CT molecular complexity index is 832. The van der Waals surface area contributed by atoms with Crippen molar-refractivity contribution in [3.05, 3.63) is 53.1 Å². The highest BCUT2D eigenvalue weighted by Crippen LogP contribution is 2.32. The summed E-state index contributed by atoms with van der Waals surface area (Å²) in [7, 11) is 0. The zero-order valence-electron chi connectivity index (χ0n) is 13.4. The van der Waals surface area contributed by atoms with Crippen molar-refractivity contribution < 1.29 is 37.7 Å². The van der Waals surface area contributed by atoms with Gasteiger partial charge in [0.1, 0.15) is 5.56 Å². The summed E-state index contributed by atoms with van der Waals surface area (Å²) < 4.78 is 42.1. The number of alkyl halides is 3. The molecule has 0 aliphatic rings. The second-order valence-electron chi connectivity index (χ2n) is 5.33. The molecule has 26 heavy (non-hydrogen) atoms. The van der Waals surface area contributed by atoms with Gasteiger partial charge < -0.3 is 20.3 Å². The van der Waals surface area contributed by atoms with Crippen LogP contribution in [0, 0.1) is 6.92 Å². The van der Waals surface area contributed by atoms with Crippen LogP contribution in [0.15, 0.2) is 36.4 Å². The van der Waals surface area contributed by atoms with Crippen LogP contribution in [0.2, 0.25) is 0 Å². The zero-order valence-corrected chi connectivity index (χ0v) is 13.4. The lowest BCUT2D eigenvalue weighted by molar-refractivity contribution is -0.137. The zero-order chi connectivity index (χ0) is 19.5. The number of aromatic hydroxyl groups is 2. The van der Waals surface area contributed by atoms with E-state index in [1.807, 2.05) is 0 Å². The van der Waals surface area contributed by atoms with Gasteiger partial charge in [0.25, 0.3) is 5.91 Å². The van der Waals surface area contributed by atoms with Crippen molar-refractivity contribution in [1.29, 1.82) is 0 Å². The van der Waals surface area contributed by atoms with Crippen LogP contribution < -0.4 is 5.32 Å². The number of phenolic OH excluding ortho intramolecular Hbond substituents is 2. The number of ether oxygens (including phenoxy) is 1. The first-order chi connectivity index (χ1) is 12.1. The Morgan fingerprint density at radius 2 is 1.65 bits per heavy atom. The lowest BCUT2D eigenvalue weighted by Crippen LogP contribution is -2.21. The third-order valence-electron chi connectivity index (χ3n) is 3.40. The number of esters is 1. The predicted octanol–water partition coefficient (Wildman–Crippen LogP) is 3.22. The summed E-state index contributed by atoms with van der Waals surface area (Å²) in [4.78, 5) is 23.6. The van der Waals surface area contributed by atoms with E-state index in [0.717, 1.165) is 24.3 Å². The molecule has 0 aromatic heterocycles. The minimum atomic E-state index is -4.49. The molecule has 0 saturated heterocycles. The van der Waals surface area contributed by atoms with Gasteiger partial charge in [-0.2, -0.15) is 13.2 Å². The van der Waals surface area contributed by atoms with Crippen LogP contribution in [0.3, 0.4) is 0 Å². The fourth-order valence-corrected chi connectivity index (χ4v) is 1.99. The number of anilines is 1. The van der Waals surface area contributed by atoms with E-state index < -0.39 is 41.7 Å². The largest absolute Gasteiger partial charge is 0.504 e. The van der Waals surface area contributed by atoms with E-state index in [1.54, 1.807) is 0 Å². The summed E-state index contributed by atoms with van der Waals surface area (Å²) >= 11 is 0. The molecule has 9 heteroatoms. The molecule has 0 heterocycles. The molecule has 0 radical (unpaired) electrons. The van der Waals surface area contributed by atoms with Crippen molar-refractivity contribution in [2.45, 2.75) is 13.1 Å². The van der Waals surface area contributed by atoms with E-state index in [2.05, 4.69) is 5.32 Å². The molecule has 0 saturated carbocycles. The summed E-state index contributed by atoms with van der Waals surface area (Å²) in [6.45, 7) is 0.787. The molecule has 0 unspecified atom stereocenters. The van der Waals surface area contributed by atoms with Crippen LogP contribution >= 0.6 is 0 Å². The molecule has 6 nitrogen and oxygen atoms in total. The highest BCUT2D eigenvalue weighted by molar-refractivity contribution is 5.97. The van der Waals surface area contributed by atoms with Gasteiger partial charge in [0, 0.05) is 5.69 Å².